The third kappa shape index (κ3) is 3.28. The van der Waals surface area contributed by atoms with Crippen LogP contribution in [0.15, 0.2) is 42.6 Å². The largest absolute Gasteiger partial charge is 0.341 e. The van der Waals surface area contributed by atoms with Crippen molar-refractivity contribution in [1.82, 2.24) is 10.2 Å². The zero-order chi connectivity index (χ0) is 8.23. The molecular formula is C9H11Cl2N3. The van der Waals surface area contributed by atoms with Crippen LogP contribution in [0, 0.1) is 0 Å². The van der Waals surface area contributed by atoms with Crippen molar-refractivity contribution in [3.05, 3.63) is 42.6 Å². The Bertz CT molecular complexity index is 334. The van der Waals surface area contributed by atoms with E-state index in [1.54, 1.807) is 6.20 Å². The van der Waals surface area contributed by atoms with Crippen molar-refractivity contribution in [3.8, 4) is 0 Å². The summed E-state index contributed by atoms with van der Waals surface area (Å²) in [7, 11) is 0. The van der Waals surface area contributed by atoms with Gasteiger partial charge >= 0.3 is 0 Å². The Labute approximate surface area is 94.7 Å². The molecule has 0 saturated heterocycles. The van der Waals surface area contributed by atoms with Crippen molar-refractivity contribution < 1.29 is 0 Å². The third-order valence-electron chi connectivity index (χ3n) is 1.55. The maximum Gasteiger partial charge on any atom is 0.125 e. The number of hydrogen-bond acceptors (Lipinski definition) is 2. The summed E-state index contributed by atoms with van der Waals surface area (Å²) < 4.78 is 0. The summed E-state index contributed by atoms with van der Waals surface area (Å²) in [6, 6.07) is 11.8. The molecule has 0 spiro atoms. The highest BCUT2D eigenvalue weighted by Crippen LogP contribution is 2.11. The second-order valence-electron chi connectivity index (χ2n) is 2.46. The number of halogens is 2. The van der Waals surface area contributed by atoms with Gasteiger partial charge in [-0.25, -0.2) is 0 Å². The standard InChI is InChI=1S/C9H9N3.2ClH/c1-2-4-8(5-3-1)11-9-6-7-10-12-9;;/h1-7H,(H2,10,11,12);2*1H. The lowest BCUT2D eigenvalue weighted by atomic mass is 10.3. The van der Waals surface area contributed by atoms with Gasteiger partial charge in [-0.1, -0.05) is 18.2 Å². The van der Waals surface area contributed by atoms with E-state index in [9.17, 15) is 0 Å². The van der Waals surface area contributed by atoms with E-state index in [-0.39, 0.29) is 24.8 Å². The lowest BCUT2D eigenvalue weighted by Gasteiger charge is -2.00. The van der Waals surface area contributed by atoms with Gasteiger partial charge in [-0.3, -0.25) is 5.10 Å². The zero-order valence-electron chi connectivity index (χ0n) is 7.31. The van der Waals surface area contributed by atoms with Crippen molar-refractivity contribution in [2.24, 2.45) is 0 Å². The van der Waals surface area contributed by atoms with Crippen LogP contribution in [0.1, 0.15) is 0 Å². The van der Waals surface area contributed by atoms with Gasteiger partial charge < -0.3 is 5.32 Å². The van der Waals surface area contributed by atoms with Crippen LogP contribution < -0.4 is 5.32 Å². The van der Waals surface area contributed by atoms with Crippen LogP contribution in [0.25, 0.3) is 0 Å². The highest BCUT2D eigenvalue weighted by Gasteiger charge is 1.91. The monoisotopic (exact) mass is 231 g/mol. The van der Waals surface area contributed by atoms with Gasteiger partial charge in [0.05, 0.1) is 6.20 Å². The SMILES string of the molecule is Cl.Cl.c1ccc(Nc2ccn[nH]2)cc1. The van der Waals surface area contributed by atoms with Crippen LogP contribution >= 0.6 is 24.8 Å². The maximum absolute atomic E-state index is 3.83. The van der Waals surface area contributed by atoms with Crippen molar-refractivity contribution in [1.29, 1.82) is 0 Å². The predicted molar refractivity (Wildman–Crippen MR) is 62.8 cm³/mol. The van der Waals surface area contributed by atoms with E-state index >= 15 is 0 Å². The number of nitrogens with zero attached hydrogens (tertiary/aromatic N) is 1. The number of anilines is 2. The van der Waals surface area contributed by atoms with E-state index in [4.69, 9.17) is 0 Å². The molecule has 0 aliphatic heterocycles. The number of hydrogen-bond donors (Lipinski definition) is 2. The summed E-state index contributed by atoms with van der Waals surface area (Å²) in [5, 5.41) is 9.82. The highest BCUT2D eigenvalue weighted by molar-refractivity contribution is 5.85. The topological polar surface area (TPSA) is 40.7 Å². The Morgan fingerprint density at radius 2 is 1.71 bits per heavy atom. The predicted octanol–water partition coefficient (Wildman–Crippen LogP) is 3.00. The van der Waals surface area contributed by atoms with Gasteiger partial charge in [-0.15, -0.1) is 24.8 Å². The van der Waals surface area contributed by atoms with Crippen molar-refractivity contribution in [3.63, 3.8) is 0 Å². The van der Waals surface area contributed by atoms with Crippen LogP contribution in [0.5, 0.6) is 0 Å². The molecule has 0 bridgehead atoms. The minimum atomic E-state index is 0. The summed E-state index contributed by atoms with van der Waals surface area (Å²) in [5.74, 6) is 0.904. The number of para-hydroxylation sites is 1. The van der Waals surface area contributed by atoms with E-state index in [1.165, 1.54) is 0 Å². The molecule has 0 fully saturated rings. The Balaban J connectivity index is 0.000000845. The molecule has 14 heavy (non-hydrogen) atoms. The van der Waals surface area contributed by atoms with Gasteiger partial charge in [0.1, 0.15) is 5.82 Å². The third-order valence-corrected chi connectivity index (χ3v) is 1.55. The Hall–Kier alpha value is -1.19. The van der Waals surface area contributed by atoms with Crippen LogP contribution in [-0.4, -0.2) is 10.2 Å². The fourth-order valence-corrected chi connectivity index (χ4v) is 1.00. The molecule has 1 aromatic heterocycles. The van der Waals surface area contributed by atoms with Crippen molar-refractivity contribution in [2.75, 3.05) is 5.32 Å². The summed E-state index contributed by atoms with van der Waals surface area (Å²) >= 11 is 0. The number of rotatable bonds is 2. The first-order valence-electron chi connectivity index (χ1n) is 3.76. The number of H-pyrrole nitrogens is 1. The Kier molecular flexibility index (Phi) is 5.76. The summed E-state index contributed by atoms with van der Waals surface area (Å²) in [6.45, 7) is 0. The normalized spacial score (nSPS) is 8.29. The minimum absolute atomic E-state index is 0. The summed E-state index contributed by atoms with van der Waals surface area (Å²) in [4.78, 5) is 0. The van der Waals surface area contributed by atoms with Gasteiger partial charge in [0.2, 0.25) is 0 Å². The Morgan fingerprint density at radius 3 is 2.29 bits per heavy atom. The van der Waals surface area contributed by atoms with E-state index in [1.807, 2.05) is 36.4 Å². The molecule has 2 N–H and O–H groups in total. The fourth-order valence-electron chi connectivity index (χ4n) is 1.00. The van der Waals surface area contributed by atoms with Crippen LogP contribution in [0.2, 0.25) is 0 Å². The molecule has 3 nitrogen and oxygen atoms in total. The number of aromatic amines is 1. The first kappa shape index (κ1) is 12.8. The lowest BCUT2D eigenvalue weighted by molar-refractivity contribution is 1.09. The minimum Gasteiger partial charge on any atom is -0.341 e. The van der Waals surface area contributed by atoms with Crippen molar-refractivity contribution in [2.45, 2.75) is 0 Å². The second-order valence-corrected chi connectivity index (χ2v) is 2.46. The summed E-state index contributed by atoms with van der Waals surface area (Å²) in [5.41, 5.74) is 1.06. The average molecular weight is 232 g/mol. The molecule has 0 atom stereocenters. The van der Waals surface area contributed by atoms with E-state index in [0.717, 1.165) is 11.5 Å². The first-order valence-corrected chi connectivity index (χ1v) is 3.76. The molecule has 5 heteroatoms. The van der Waals surface area contributed by atoms with Gasteiger partial charge in [0, 0.05) is 11.8 Å². The second kappa shape index (κ2) is 6.29. The summed E-state index contributed by atoms with van der Waals surface area (Å²) in [6.07, 6.45) is 1.71. The molecule has 0 aliphatic carbocycles. The van der Waals surface area contributed by atoms with E-state index < -0.39 is 0 Å². The van der Waals surface area contributed by atoms with Crippen LogP contribution in [0.3, 0.4) is 0 Å². The molecule has 0 radical (unpaired) electrons. The maximum atomic E-state index is 3.83. The first-order chi connectivity index (χ1) is 5.95. The molecule has 0 amide bonds. The Morgan fingerprint density at radius 1 is 1.00 bits per heavy atom. The molecule has 0 aliphatic rings. The highest BCUT2D eigenvalue weighted by atomic mass is 35.5. The quantitative estimate of drug-likeness (QED) is 0.835. The average Bonchev–Trinajstić information content (AvgIpc) is 2.59. The van der Waals surface area contributed by atoms with E-state index in [0.29, 0.717) is 0 Å². The number of aromatic nitrogens is 2. The number of nitrogens with one attached hydrogen (secondary N) is 2. The van der Waals surface area contributed by atoms with Gasteiger partial charge in [0.25, 0.3) is 0 Å². The molecule has 1 heterocycles. The van der Waals surface area contributed by atoms with Crippen LogP contribution in [-0.2, 0) is 0 Å². The van der Waals surface area contributed by atoms with Crippen LogP contribution in [0.4, 0.5) is 11.5 Å². The molecule has 0 saturated carbocycles. The van der Waals surface area contributed by atoms with E-state index in [2.05, 4.69) is 15.5 Å². The van der Waals surface area contributed by atoms with Crippen molar-refractivity contribution >= 4 is 36.3 Å². The van der Waals surface area contributed by atoms with Gasteiger partial charge in [-0.05, 0) is 12.1 Å². The fraction of sp³-hybridized carbons (Fsp3) is 0. The molecule has 2 rings (SSSR count). The number of benzene rings is 1. The molecule has 0 unspecified atom stereocenters. The zero-order valence-corrected chi connectivity index (χ0v) is 8.94. The molecule has 76 valence electrons. The smallest absolute Gasteiger partial charge is 0.125 e. The lowest BCUT2D eigenvalue weighted by Crippen LogP contribution is -1.88. The molecular weight excluding hydrogens is 221 g/mol. The van der Waals surface area contributed by atoms with Gasteiger partial charge in [-0.2, -0.15) is 5.10 Å². The van der Waals surface area contributed by atoms with Gasteiger partial charge in [0.15, 0.2) is 0 Å². The molecule has 1 aromatic carbocycles. The molecule has 2 aromatic rings.